The third kappa shape index (κ3) is 4.18. The van der Waals surface area contributed by atoms with Crippen molar-refractivity contribution >= 4 is 27.4 Å². The number of alkyl halides is 3. The third-order valence-corrected chi connectivity index (χ3v) is 3.01. The molecule has 0 amide bonds. The Balaban J connectivity index is 2.21. The zero-order valence-corrected chi connectivity index (χ0v) is 12.6. The molecular formula is C12H12BrF3N4O. The van der Waals surface area contributed by atoms with Crippen LogP contribution in [-0.2, 0) is 17.5 Å². The fourth-order valence-electron chi connectivity index (χ4n) is 1.63. The topological polar surface area (TPSA) is 52.0 Å². The first-order valence-corrected chi connectivity index (χ1v) is 6.70. The molecule has 114 valence electrons. The summed E-state index contributed by atoms with van der Waals surface area (Å²) in [6, 6.07) is 0.977. The molecule has 0 unspecified atom stereocenters. The molecule has 2 heterocycles. The Bertz CT molecular complexity index is 615. The lowest BCUT2D eigenvalue weighted by Gasteiger charge is -2.12. The van der Waals surface area contributed by atoms with E-state index in [1.165, 1.54) is 12.4 Å². The first kappa shape index (κ1) is 15.8. The van der Waals surface area contributed by atoms with Crippen molar-refractivity contribution in [2.75, 3.05) is 19.0 Å². The Kier molecular flexibility index (Phi) is 4.84. The van der Waals surface area contributed by atoms with Crippen molar-refractivity contribution in [3.05, 3.63) is 34.7 Å². The second-order valence-electron chi connectivity index (χ2n) is 4.16. The number of hydrogen-bond donors (Lipinski definition) is 1. The molecule has 0 aliphatic carbocycles. The second kappa shape index (κ2) is 6.44. The van der Waals surface area contributed by atoms with Crippen LogP contribution in [0.1, 0.15) is 5.56 Å². The van der Waals surface area contributed by atoms with Crippen molar-refractivity contribution < 1.29 is 17.9 Å². The average molecular weight is 365 g/mol. The van der Waals surface area contributed by atoms with Crippen molar-refractivity contribution in [3.8, 4) is 0 Å². The lowest BCUT2D eigenvalue weighted by atomic mass is 10.2. The van der Waals surface area contributed by atoms with E-state index >= 15 is 0 Å². The van der Waals surface area contributed by atoms with E-state index in [9.17, 15) is 13.2 Å². The van der Waals surface area contributed by atoms with E-state index < -0.39 is 11.7 Å². The van der Waals surface area contributed by atoms with Crippen LogP contribution in [0, 0.1) is 0 Å². The fourth-order valence-corrected chi connectivity index (χ4v) is 1.96. The molecule has 0 radical (unpaired) electrons. The van der Waals surface area contributed by atoms with Crippen LogP contribution in [-0.4, -0.2) is 28.5 Å². The SMILES string of the molecule is COCCn1cc(Nc2ncc(Br)cc2C(F)(F)F)cn1. The van der Waals surface area contributed by atoms with E-state index in [2.05, 4.69) is 31.3 Å². The number of rotatable bonds is 5. The van der Waals surface area contributed by atoms with Gasteiger partial charge in [-0.15, -0.1) is 0 Å². The number of pyridine rings is 1. The van der Waals surface area contributed by atoms with Gasteiger partial charge in [0.15, 0.2) is 0 Å². The molecule has 0 spiro atoms. The van der Waals surface area contributed by atoms with Gasteiger partial charge in [0.05, 0.1) is 30.6 Å². The normalized spacial score (nSPS) is 11.7. The summed E-state index contributed by atoms with van der Waals surface area (Å²) in [5.41, 5.74) is -0.423. The van der Waals surface area contributed by atoms with Crippen LogP contribution in [0.15, 0.2) is 29.1 Å². The van der Waals surface area contributed by atoms with Gasteiger partial charge in [0.25, 0.3) is 0 Å². The van der Waals surface area contributed by atoms with E-state index in [1.807, 2.05) is 0 Å². The maximum Gasteiger partial charge on any atom is 0.420 e. The maximum absolute atomic E-state index is 13.0. The smallest absolute Gasteiger partial charge is 0.383 e. The van der Waals surface area contributed by atoms with E-state index in [4.69, 9.17) is 4.74 Å². The van der Waals surface area contributed by atoms with Gasteiger partial charge in [-0.25, -0.2) is 4.98 Å². The van der Waals surface area contributed by atoms with Crippen LogP contribution in [0.4, 0.5) is 24.7 Å². The molecule has 0 bridgehead atoms. The van der Waals surface area contributed by atoms with E-state index in [-0.39, 0.29) is 10.3 Å². The number of anilines is 2. The Morgan fingerprint density at radius 1 is 1.38 bits per heavy atom. The number of nitrogens with one attached hydrogen (secondary N) is 1. The molecule has 21 heavy (non-hydrogen) atoms. The number of methoxy groups -OCH3 is 1. The molecule has 0 aliphatic rings. The van der Waals surface area contributed by atoms with Crippen molar-refractivity contribution in [2.45, 2.75) is 12.7 Å². The standard InChI is InChI=1S/C12H12BrF3N4O/c1-21-3-2-20-7-9(6-18-20)19-11-10(12(14,15)16)4-8(13)5-17-11/h4-7H,2-3H2,1H3,(H,17,19). The molecule has 0 saturated carbocycles. The Morgan fingerprint density at radius 2 is 2.14 bits per heavy atom. The molecule has 2 aromatic rings. The van der Waals surface area contributed by atoms with Crippen LogP contribution in [0.2, 0.25) is 0 Å². The molecule has 5 nitrogen and oxygen atoms in total. The summed E-state index contributed by atoms with van der Waals surface area (Å²) in [6.07, 6.45) is -0.180. The molecule has 1 N–H and O–H groups in total. The molecule has 2 rings (SSSR count). The molecule has 0 atom stereocenters. The van der Waals surface area contributed by atoms with Gasteiger partial charge in [-0.05, 0) is 22.0 Å². The minimum absolute atomic E-state index is 0.260. The van der Waals surface area contributed by atoms with Gasteiger partial charge in [-0.1, -0.05) is 0 Å². The molecule has 0 aromatic carbocycles. The summed E-state index contributed by atoms with van der Waals surface area (Å²) in [4.78, 5) is 3.77. The van der Waals surface area contributed by atoms with Crippen molar-refractivity contribution in [1.29, 1.82) is 0 Å². The van der Waals surface area contributed by atoms with Crippen molar-refractivity contribution in [3.63, 3.8) is 0 Å². The highest BCUT2D eigenvalue weighted by Gasteiger charge is 2.34. The Labute approximate surface area is 127 Å². The average Bonchev–Trinajstić information content (AvgIpc) is 2.85. The van der Waals surface area contributed by atoms with Crippen LogP contribution in [0.3, 0.4) is 0 Å². The third-order valence-electron chi connectivity index (χ3n) is 2.58. The molecule has 2 aromatic heterocycles. The van der Waals surface area contributed by atoms with Crippen LogP contribution >= 0.6 is 15.9 Å². The molecule has 0 saturated heterocycles. The van der Waals surface area contributed by atoms with Gasteiger partial charge >= 0.3 is 6.18 Å². The van der Waals surface area contributed by atoms with Crippen LogP contribution in [0.25, 0.3) is 0 Å². The summed E-state index contributed by atoms with van der Waals surface area (Å²) in [7, 11) is 1.56. The molecular weight excluding hydrogens is 353 g/mol. The molecule has 0 fully saturated rings. The maximum atomic E-state index is 13.0. The second-order valence-corrected chi connectivity index (χ2v) is 5.07. The van der Waals surface area contributed by atoms with Gasteiger partial charge in [-0.2, -0.15) is 18.3 Å². The number of halogens is 4. The number of hydrogen-bond acceptors (Lipinski definition) is 4. The van der Waals surface area contributed by atoms with Gasteiger partial charge < -0.3 is 10.1 Å². The number of nitrogens with zero attached hydrogens (tertiary/aromatic N) is 3. The zero-order chi connectivity index (χ0) is 15.5. The van der Waals surface area contributed by atoms with Gasteiger partial charge in [0.1, 0.15) is 5.82 Å². The predicted octanol–water partition coefficient (Wildman–Crippen LogP) is 3.45. The van der Waals surface area contributed by atoms with Gasteiger partial charge in [0, 0.05) is 24.0 Å². The summed E-state index contributed by atoms with van der Waals surface area (Å²) in [5, 5.41) is 6.64. The lowest BCUT2D eigenvalue weighted by molar-refractivity contribution is -0.137. The van der Waals surface area contributed by atoms with E-state index in [0.29, 0.717) is 18.8 Å². The van der Waals surface area contributed by atoms with E-state index in [1.54, 1.807) is 18.0 Å². The zero-order valence-electron chi connectivity index (χ0n) is 11.0. The Hall–Kier alpha value is -1.61. The summed E-state index contributed by atoms with van der Waals surface area (Å²) in [5.74, 6) is -0.267. The van der Waals surface area contributed by atoms with Crippen LogP contribution < -0.4 is 5.32 Å². The largest absolute Gasteiger partial charge is 0.420 e. The summed E-state index contributed by atoms with van der Waals surface area (Å²) >= 11 is 2.99. The monoisotopic (exact) mass is 364 g/mol. The lowest BCUT2D eigenvalue weighted by Crippen LogP contribution is -2.10. The minimum atomic E-state index is -4.49. The molecule has 9 heteroatoms. The van der Waals surface area contributed by atoms with Crippen molar-refractivity contribution in [1.82, 2.24) is 14.8 Å². The Morgan fingerprint density at radius 3 is 2.81 bits per heavy atom. The minimum Gasteiger partial charge on any atom is -0.383 e. The first-order valence-electron chi connectivity index (χ1n) is 5.91. The highest BCUT2D eigenvalue weighted by Crippen LogP contribution is 2.36. The predicted molar refractivity (Wildman–Crippen MR) is 74.3 cm³/mol. The highest BCUT2D eigenvalue weighted by molar-refractivity contribution is 9.10. The summed E-state index contributed by atoms with van der Waals surface area (Å²) < 4.78 is 45.6. The van der Waals surface area contributed by atoms with Gasteiger partial charge in [0.2, 0.25) is 0 Å². The van der Waals surface area contributed by atoms with Crippen LogP contribution in [0.5, 0.6) is 0 Å². The summed E-state index contributed by atoms with van der Waals surface area (Å²) in [6.45, 7) is 0.976. The number of aromatic nitrogens is 3. The highest BCUT2D eigenvalue weighted by atomic mass is 79.9. The number of ether oxygens (including phenoxy) is 1. The fraction of sp³-hybridized carbons (Fsp3) is 0.333. The quantitative estimate of drug-likeness (QED) is 0.882. The van der Waals surface area contributed by atoms with Gasteiger partial charge in [-0.3, -0.25) is 4.68 Å². The van der Waals surface area contributed by atoms with E-state index in [0.717, 1.165) is 6.07 Å². The first-order chi connectivity index (χ1) is 9.90. The molecule has 0 aliphatic heterocycles. The van der Waals surface area contributed by atoms with Crippen molar-refractivity contribution in [2.24, 2.45) is 0 Å².